The van der Waals surface area contributed by atoms with Crippen LogP contribution in [0, 0.1) is 18.8 Å². The van der Waals surface area contributed by atoms with Gasteiger partial charge in [-0.3, -0.25) is 9.59 Å². The number of anilines is 1. The minimum Gasteiger partial charge on any atom is -0.481 e. The van der Waals surface area contributed by atoms with Gasteiger partial charge in [-0.2, -0.15) is 0 Å². The van der Waals surface area contributed by atoms with E-state index in [4.69, 9.17) is 4.74 Å². The van der Waals surface area contributed by atoms with Gasteiger partial charge < -0.3 is 15.2 Å². The number of nitrogens with zero attached hydrogens (tertiary/aromatic N) is 1. The second-order valence-corrected chi connectivity index (χ2v) is 9.89. The Morgan fingerprint density at radius 1 is 1.24 bits per heavy atom. The summed E-state index contributed by atoms with van der Waals surface area (Å²) in [5, 5.41) is 16.4. The molecule has 1 saturated carbocycles. The number of thiazole rings is 1. The van der Waals surface area contributed by atoms with Gasteiger partial charge in [0.05, 0.1) is 17.9 Å². The van der Waals surface area contributed by atoms with E-state index in [2.05, 4.69) is 10.3 Å². The van der Waals surface area contributed by atoms with Crippen LogP contribution in [0.5, 0.6) is 0 Å². The molecule has 0 saturated heterocycles. The van der Waals surface area contributed by atoms with Gasteiger partial charge in [-0.15, -0.1) is 22.7 Å². The molecule has 2 heterocycles. The summed E-state index contributed by atoms with van der Waals surface area (Å²) in [4.78, 5) is 30.6. The minimum absolute atomic E-state index is 0.173. The lowest BCUT2D eigenvalue weighted by molar-refractivity contribution is -0.147. The standard InChI is InChI=1S/C21H26N2O4S2/c1-11-10-28-19(22-11)17-15-8-7-12(27-2)9-16(15)29-20(17)23-18(24)13-5-3-4-6-14(13)21(25)26/h10,12-14H,3-9H2,1-2H3,(H,23,24)(H,25,26). The zero-order chi connectivity index (χ0) is 20.5. The van der Waals surface area contributed by atoms with E-state index in [0.29, 0.717) is 12.8 Å². The van der Waals surface area contributed by atoms with Crippen LogP contribution in [0.25, 0.3) is 10.6 Å². The van der Waals surface area contributed by atoms with Gasteiger partial charge in [0.2, 0.25) is 5.91 Å². The van der Waals surface area contributed by atoms with Crippen LogP contribution in [0.2, 0.25) is 0 Å². The van der Waals surface area contributed by atoms with Crippen LogP contribution in [0.1, 0.15) is 48.2 Å². The van der Waals surface area contributed by atoms with E-state index >= 15 is 0 Å². The zero-order valence-corrected chi connectivity index (χ0v) is 18.3. The quantitative estimate of drug-likeness (QED) is 0.723. The number of carboxylic acid groups (broad SMARTS) is 1. The Balaban J connectivity index is 1.67. The maximum absolute atomic E-state index is 13.1. The minimum atomic E-state index is -0.867. The number of nitrogens with one attached hydrogen (secondary N) is 1. The summed E-state index contributed by atoms with van der Waals surface area (Å²) in [7, 11) is 1.74. The lowest BCUT2D eigenvalue weighted by atomic mass is 9.78. The molecular formula is C21H26N2O4S2. The molecule has 8 heteroatoms. The lowest BCUT2D eigenvalue weighted by Gasteiger charge is -2.27. The van der Waals surface area contributed by atoms with Crippen LogP contribution in [0.3, 0.4) is 0 Å². The van der Waals surface area contributed by atoms with Crippen molar-refractivity contribution < 1.29 is 19.4 Å². The smallest absolute Gasteiger partial charge is 0.307 e. The van der Waals surface area contributed by atoms with E-state index in [-0.39, 0.29) is 12.0 Å². The van der Waals surface area contributed by atoms with Crippen molar-refractivity contribution >= 4 is 39.6 Å². The molecular weight excluding hydrogens is 408 g/mol. The van der Waals surface area contributed by atoms with Gasteiger partial charge in [-0.05, 0) is 38.2 Å². The van der Waals surface area contributed by atoms with E-state index in [1.165, 1.54) is 10.4 Å². The molecule has 2 N–H and O–H groups in total. The normalized spacial score (nSPS) is 24.1. The Morgan fingerprint density at radius 2 is 2.00 bits per heavy atom. The first-order valence-corrected chi connectivity index (χ1v) is 11.8. The number of carboxylic acids is 1. The maximum atomic E-state index is 13.1. The summed E-state index contributed by atoms with van der Waals surface area (Å²) in [6.45, 7) is 1.97. The summed E-state index contributed by atoms with van der Waals surface area (Å²) in [6, 6.07) is 0. The summed E-state index contributed by atoms with van der Waals surface area (Å²) in [5.41, 5.74) is 3.24. The number of hydrogen-bond acceptors (Lipinski definition) is 6. The molecule has 0 bridgehead atoms. The Bertz CT molecular complexity index is 920. The number of aromatic nitrogens is 1. The van der Waals surface area contributed by atoms with Crippen LogP contribution in [0.4, 0.5) is 5.00 Å². The predicted octanol–water partition coefficient (Wildman–Crippen LogP) is 4.51. The number of fused-ring (bicyclic) bond motifs is 1. The van der Waals surface area contributed by atoms with Crippen molar-refractivity contribution in [2.75, 3.05) is 12.4 Å². The van der Waals surface area contributed by atoms with E-state index in [1.54, 1.807) is 29.8 Å². The van der Waals surface area contributed by atoms with Crippen molar-refractivity contribution in [2.45, 2.75) is 58.0 Å². The van der Waals surface area contributed by atoms with Gasteiger partial charge in [0.1, 0.15) is 10.0 Å². The Kier molecular flexibility index (Phi) is 6.03. The van der Waals surface area contributed by atoms with Gasteiger partial charge in [-0.25, -0.2) is 4.98 Å². The summed E-state index contributed by atoms with van der Waals surface area (Å²) in [6.07, 6.45) is 5.86. The van der Waals surface area contributed by atoms with Crippen molar-refractivity contribution in [3.63, 3.8) is 0 Å². The largest absolute Gasteiger partial charge is 0.481 e. The predicted molar refractivity (Wildman–Crippen MR) is 115 cm³/mol. The molecule has 6 nitrogen and oxygen atoms in total. The number of amides is 1. The van der Waals surface area contributed by atoms with E-state index < -0.39 is 17.8 Å². The molecule has 156 valence electrons. The van der Waals surface area contributed by atoms with Crippen molar-refractivity contribution in [1.82, 2.24) is 4.98 Å². The van der Waals surface area contributed by atoms with Crippen LogP contribution >= 0.6 is 22.7 Å². The van der Waals surface area contributed by atoms with Gasteiger partial charge in [0, 0.05) is 35.0 Å². The van der Waals surface area contributed by atoms with Crippen molar-refractivity contribution in [1.29, 1.82) is 0 Å². The fourth-order valence-electron chi connectivity index (χ4n) is 4.48. The number of carbonyl (C=O) groups is 2. The molecule has 1 fully saturated rings. The number of rotatable bonds is 5. The van der Waals surface area contributed by atoms with Crippen molar-refractivity contribution in [3.05, 3.63) is 21.5 Å². The molecule has 3 unspecified atom stereocenters. The topological polar surface area (TPSA) is 88.5 Å². The van der Waals surface area contributed by atoms with E-state index in [0.717, 1.165) is 53.4 Å². The number of thiophene rings is 1. The molecule has 2 aliphatic carbocycles. The molecule has 3 atom stereocenters. The molecule has 29 heavy (non-hydrogen) atoms. The Labute approximate surface area is 178 Å². The summed E-state index contributed by atoms with van der Waals surface area (Å²) in [5.74, 6) is -2.11. The first-order valence-electron chi connectivity index (χ1n) is 10.1. The number of ether oxygens (including phenoxy) is 1. The molecule has 0 aliphatic heterocycles. The first kappa shape index (κ1) is 20.5. The molecule has 1 amide bonds. The van der Waals surface area contributed by atoms with E-state index in [1.807, 2.05) is 12.3 Å². The fourth-order valence-corrected chi connectivity index (χ4v) is 6.74. The SMILES string of the molecule is COC1CCc2c(sc(NC(=O)C3CCCCC3C(=O)O)c2-c2nc(C)cs2)C1. The summed E-state index contributed by atoms with van der Waals surface area (Å²) >= 11 is 3.18. The number of aryl methyl sites for hydroxylation is 1. The maximum Gasteiger partial charge on any atom is 0.307 e. The third-order valence-electron chi connectivity index (χ3n) is 6.04. The van der Waals surface area contributed by atoms with Gasteiger partial charge in [-0.1, -0.05) is 12.8 Å². The highest BCUT2D eigenvalue weighted by molar-refractivity contribution is 7.18. The number of carbonyl (C=O) groups excluding carboxylic acids is 1. The van der Waals surface area contributed by atoms with Crippen LogP contribution in [0.15, 0.2) is 5.38 Å². The molecule has 2 aromatic rings. The van der Waals surface area contributed by atoms with Crippen molar-refractivity contribution in [2.24, 2.45) is 11.8 Å². The zero-order valence-electron chi connectivity index (χ0n) is 16.7. The Hall–Kier alpha value is -1.77. The highest BCUT2D eigenvalue weighted by atomic mass is 32.1. The first-order chi connectivity index (χ1) is 14.0. The van der Waals surface area contributed by atoms with Gasteiger partial charge in [0.15, 0.2) is 0 Å². The van der Waals surface area contributed by atoms with E-state index in [9.17, 15) is 14.7 Å². The fraction of sp³-hybridized carbons (Fsp3) is 0.571. The van der Waals surface area contributed by atoms with Crippen molar-refractivity contribution in [3.8, 4) is 10.6 Å². The summed E-state index contributed by atoms with van der Waals surface area (Å²) < 4.78 is 5.56. The highest BCUT2D eigenvalue weighted by Crippen LogP contribution is 2.46. The molecule has 2 aromatic heterocycles. The van der Waals surface area contributed by atoms with Crippen LogP contribution in [-0.2, 0) is 27.2 Å². The van der Waals surface area contributed by atoms with Crippen LogP contribution in [-0.4, -0.2) is 35.2 Å². The molecule has 0 aromatic carbocycles. The van der Waals surface area contributed by atoms with Gasteiger partial charge >= 0.3 is 5.97 Å². The molecule has 4 rings (SSSR count). The number of methoxy groups -OCH3 is 1. The third kappa shape index (κ3) is 4.11. The lowest BCUT2D eigenvalue weighted by Crippen LogP contribution is -2.35. The third-order valence-corrected chi connectivity index (χ3v) is 8.19. The Morgan fingerprint density at radius 3 is 2.66 bits per heavy atom. The molecule has 0 spiro atoms. The highest BCUT2D eigenvalue weighted by Gasteiger charge is 2.37. The molecule has 2 aliphatic rings. The monoisotopic (exact) mass is 434 g/mol. The number of hydrogen-bond donors (Lipinski definition) is 2. The number of aliphatic carboxylic acids is 1. The average molecular weight is 435 g/mol. The second-order valence-electron chi connectivity index (χ2n) is 7.93. The molecule has 0 radical (unpaired) electrons. The average Bonchev–Trinajstić information content (AvgIpc) is 3.29. The van der Waals surface area contributed by atoms with Gasteiger partial charge in [0.25, 0.3) is 0 Å². The second kappa shape index (κ2) is 8.53. The van der Waals surface area contributed by atoms with Crippen LogP contribution < -0.4 is 5.32 Å².